The summed E-state index contributed by atoms with van der Waals surface area (Å²) in [6.07, 6.45) is 5.17. The first kappa shape index (κ1) is 16.1. The highest BCUT2D eigenvalue weighted by molar-refractivity contribution is 5.59. The van der Waals surface area contributed by atoms with Gasteiger partial charge in [0.05, 0.1) is 17.8 Å². The SMILES string of the molecule is Cc1ncnc(N2CCn3c(C)cnc3C2)c1C#Cc1ccc(N)nc1. The van der Waals surface area contributed by atoms with Crippen molar-refractivity contribution in [2.75, 3.05) is 17.2 Å². The minimum absolute atomic E-state index is 0.481. The molecule has 0 atom stereocenters. The van der Waals surface area contributed by atoms with Crippen molar-refractivity contribution in [2.24, 2.45) is 0 Å². The summed E-state index contributed by atoms with van der Waals surface area (Å²) in [5.74, 6) is 8.73. The first-order valence-corrected chi connectivity index (χ1v) is 8.43. The fraction of sp³-hybridized carbons (Fsp3) is 0.263. The van der Waals surface area contributed by atoms with Gasteiger partial charge in [-0.1, -0.05) is 11.8 Å². The van der Waals surface area contributed by atoms with Gasteiger partial charge in [0.2, 0.25) is 0 Å². The molecule has 0 aliphatic carbocycles. The molecule has 130 valence electrons. The lowest BCUT2D eigenvalue weighted by atomic mass is 10.1. The van der Waals surface area contributed by atoms with Gasteiger partial charge in [0, 0.05) is 36.7 Å². The van der Waals surface area contributed by atoms with Crippen molar-refractivity contribution >= 4 is 11.6 Å². The Balaban J connectivity index is 1.68. The predicted molar refractivity (Wildman–Crippen MR) is 99.4 cm³/mol. The second-order valence-corrected chi connectivity index (χ2v) is 6.27. The molecule has 0 radical (unpaired) electrons. The van der Waals surface area contributed by atoms with Crippen LogP contribution in [0.3, 0.4) is 0 Å². The van der Waals surface area contributed by atoms with Crippen molar-refractivity contribution < 1.29 is 0 Å². The van der Waals surface area contributed by atoms with Crippen LogP contribution >= 0.6 is 0 Å². The number of pyridine rings is 1. The van der Waals surface area contributed by atoms with E-state index >= 15 is 0 Å². The van der Waals surface area contributed by atoms with Crippen molar-refractivity contribution in [3.05, 3.63) is 59.2 Å². The summed E-state index contributed by atoms with van der Waals surface area (Å²) in [6.45, 7) is 6.49. The minimum atomic E-state index is 0.481. The van der Waals surface area contributed by atoms with E-state index in [-0.39, 0.29) is 0 Å². The summed E-state index contributed by atoms with van der Waals surface area (Å²) in [5, 5.41) is 0. The zero-order chi connectivity index (χ0) is 18.1. The quantitative estimate of drug-likeness (QED) is 0.676. The molecular weight excluding hydrogens is 326 g/mol. The van der Waals surface area contributed by atoms with Crippen LogP contribution in [0.15, 0.2) is 30.9 Å². The maximum atomic E-state index is 5.63. The number of rotatable bonds is 1. The average molecular weight is 345 g/mol. The summed E-state index contributed by atoms with van der Waals surface area (Å²) in [5.41, 5.74) is 9.31. The topological polar surface area (TPSA) is 85.8 Å². The first-order chi connectivity index (χ1) is 12.6. The van der Waals surface area contributed by atoms with Gasteiger partial charge < -0.3 is 15.2 Å². The van der Waals surface area contributed by atoms with Gasteiger partial charge in [-0.2, -0.15) is 0 Å². The molecule has 4 heterocycles. The maximum Gasteiger partial charge on any atom is 0.148 e. The van der Waals surface area contributed by atoms with E-state index in [0.717, 1.165) is 41.6 Å². The molecule has 0 fully saturated rings. The van der Waals surface area contributed by atoms with Crippen molar-refractivity contribution in [1.29, 1.82) is 0 Å². The van der Waals surface area contributed by atoms with E-state index in [4.69, 9.17) is 5.73 Å². The van der Waals surface area contributed by atoms with Gasteiger partial charge in [0.25, 0.3) is 0 Å². The van der Waals surface area contributed by atoms with Crippen LogP contribution in [0.1, 0.15) is 28.3 Å². The number of nitrogens with zero attached hydrogens (tertiary/aromatic N) is 6. The number of nitrogen functional groups attached to an aromatic ring is 1. The lowest BCUT2D eigenvalue weighted by Crippen LogP contribution is -2.35. The highest BCUT2D eigenvalue weighted by Gasteiger charge is 2.22. The van der Waals surface area contributed by atoms with Gasteiger partial charge in [0.1, 0.15) is 23.8 Å². The van der Waals surface area contributed by atoms with Gasteiger partial charge in [-0.25, -0.2) is 19.9 Å². The zero-order valence-electron chi connectivity index (χ0n) is 14.8. The molecule has 0 aromatic carbocycles. The van der Waals surface area contributed by atoms with Gasteiger partial charge in [0.15, 0.2) is 0 Å². The molecule has 3 aromatic rings. The number of anilines is 2. The number of hydrogen-bond acceptors (Lipinski definition) is 6. The van der Waals surface area contributed by atoms with E-state index in [1.54, 1.807) is 18.6 Å². The Morgan fingerprint density at radius 1 is 1.00 bits per heavy atom. The Bertz CT molecular complexity index is 1010. The third-order valence-electron chi connectivity index (χ3n) is 4.50. The van der Waals surface area contributed by atoms with E-state index < -0.39 is 0 Å². The van der Waals surface area contributed by atoms with E-state index in [1.807, 2.05) is 19.2 Å². The number of imidazole rings is 1. The summed E-state index contributed by atoms with van der Waals surface area (Å²) in [6, 6.07) is 3.60. The second kappa shape index (κ2) is 6.48. The lowest BCUT2D eigenvalue weighted by molar-refractivity contribution is 0.546. The smallest absolute Gasteiger partial charge is 0.148 e. The molecule has 0 amide bonds. The summed E-state index contributed by atoms with van der Waals surface area (Å²) < 4.78 is 2.25. The van der Waals surface area contributed by atoms with Crippen molar-refractivity contribution in [3.63, 3.8) is 0 Å². The lowest BCUT2D eigenvalue weighted by Gasteiger charge is -2.30. The largest absolute Gasteiger partial charge is 0.384 e. The summed E-state index contributed by atoms with van der Waals surface area (Å²) in [7, 11) is 0. The fourth-order valence-corrected chi connectivity index (χ4v) is 3.05. The third kappa shape index (κ3) is 2.97. The molecular formula is C19H19N7. The van der Waals surface area contributed by atoms with Crippen LogP contribution in [0.5, 0.6) is 0 Å². The van der Waals surface area contributed by atoms with E-state index in [0.29, 0.717) is 12.4 Å². The van der Waals surface area contributed by atoms with Gasteiger partial charge in [-0.05, 0) is 26.0 Å². The van der Waals surface area contributed by atoms with Crippen molar-refractivity contribution in [1.82, 2.24) is 24.5 Å². The molecule has 4 rings (SSSR count). The van der Waals surface area contributed by atoms with Crippen LogP contribution in [0.4, 0.5) is 11.6 Å². The van der Waals surface area contributed by atoms with Crippen LogP contribution in [0.2, 0.25) is 0 Å². The molecule has 7 nitrogen and oxygen atoms in total. The maximum absolute atomic E-state index is 5.63. The molecule has 0 spiro atoms. The van der Waals surface area contributed by atoms with Crippen LogP contribution in [-0.2, 0) is 13.1 Å². The van der Waals surface area contributed by atoms with E-state index in [2.05, 4.69) is 48.2 Å². The monoisotopic (exact) mass is 345 g/mol. The number of aryl methyl sites for hydroxylation is 2. The Labute approximate surface area is 151 Å². The Morgan fingerprint density at radius 3 is 2.69 bits per heavy atom. The molecule has 0 saturated carbocycles. The van der Waals surface area contributed by atoms with E-state index in [9.17, 15) is 0 Å². The standard InChI is InChI=1S/C19H19N7/c1-13-9-22-18-11-25(7-8-26(13)18)19-16(14(2)23-12-24-19)5-3-15-4-6-17(20)21-10-15/h4,6,9-10,12H,7-8,11H2,1-2H3,(H2,20,21). The average Bonchev–Trinajstić information content (AvgIpc) is 3.02. The van der Waals surface area contributed by atoms with Crippen LogP contribution in [0, 0.1) is 25.7 Å². The first-order valence-electron chi connectivity index (χ1n) is 8.43. The van der Waals surface area contributed by atoms with Crippen molar-refractivity contribution in [2.45, 2.75) is 26.9 Å². The molecule has 2 N–H and O–H groups in total. The van der Waals surface area contributed by atoms with Crippen LogP contribution in [0.25, 0.3) is 0 Å². The van der Waals surface area contributed by atoms with Gasteiger partial charge >= 0.3 is 0 Å². The fourth-order valence-electron chi connectivity index (χ4n) is 3.05. The highest BCUT2D eigenvalue weighted by Crippen LogP contribution is 2.23. The molecule has 0 saturated heterocycles. The predicted octanol–water partition coefficient (Wildman–Crippen LogP) is 1.69. The Kier molecular flexibility index (Phi) is 4.01. The summed E-state index contributed by atoms with van der Waals surface area (Å²) >= 11 is 0. The van der Waals surface area contributed by atoms with Crippen LogP contribution in [-0.4, -0.2) is 31.0 Å². The molecule has 7 heteroatoms. The molecule has 0 bridgehead atoms. The molecule has 1 aliphatic rings. The Hall–Kier alpha value is -3.40. The molecule has 1 aliphatic heterocycles. The number of hydrogen-bond donors (Lipinski definition) is 1. The molecule has 3 aromatic heterocycles. The molecule has 0 unspecified atom stereocenters. The van der Waals surface area contributed by atoms with E-state index in [1.165, 1.54) is 5.69 Å². The van der Waals surface area contributed by atoms with Gasteiger partial charge in [-0.3, -0.25) is 0 Å². The third-order valence-corrected chi connectivity index (χ3v) is 4.50. The summed E-state index contributed by atoms with van der Waals surface area (Å²) in [4.78, 5) is 19.6. The second-order valence-electron chi connectivity index (χ2n) is 6.27. The minimum Gasteiger partial charge on any atom is -0.384 e. The number of aromatic nitrogens is 5. The van der Waals surface area contributed by atoms with Crippen molar-refractivity contribution in [3.8, 4) is 11.8 Å². The van der Waals surface area contributed by atoms with Gasteiger partial charge in [-0.15, -0.1) is 0 Å². The number of nitrogens with two attached hydrogens (primary N) is 1. The zero-order valence-corrected chi connectivity index (χ0v) is 14.8. The normalized spacial score (nSPS) is 13.1. The number of fused-ring (bicyclic) bond motifs is 1. The Morgan fingerprint density at radius 2 is 1.88 bits per heavy atom. The van der Waals surface area contributed by atoms with Crippen LogP contribution < -0.4 is 10.6 Å². The highest BCUT2D eigenvalue weighted by atomic mass is 15.3. The molecule has 26 heavy (non-hydrogen) atoms.